The molecule has 4 heteroatoms. The second-order valence-corrected chi connectivity index (χ2v) is 3.09. The van der Waals surface area contributed by atoms with Crippen LogP contribution in [0.15, 0.2) is 12.2 Å². The molecule has 0 unspecified atom stereocenters. The minimum absolute atomic E-state index is 0.0455. The lowest BCUT2D eigenvalue weighted by atomic mass is 10.3. The highest BCUT2D eigenvalue weighted by molar-refractivity contribution is 7.80. The monoisotopic (exact) mass is 187 g/mol. The molecule has 0 saturated carbocycles. The lowest BCUT2D eigenvalue weighted by Crippen LogP contribution is -2.42. The van der Waals surface area contributed by atoms with E-state index in [9.17, 15) is 4.79 Å². The Bertz CT molecular complexity index is 193. The van der Waals surface area contributed by atoms with Gasteiger partial charge in [0.15, 0.2) is 0 Å². The molecule has 0 aromatic heterocycles. The summed E-state index contributed by atoms with van der Waals surface area (Å²) in [6.07, 6.45) is 0. The van der Waals surface area contributed by atoms with Gasteiger partial charge in [0.25, 0.3) is 0 Å². The van der Waals surface area contributed by atoms with Gasteiger partial charge in [-0.2, -0.15) is 12.6 Å². The molecule has 1 aliphatic heterocycles. The molecule has 0 N–H and O–H groups in total. The molecule has 0 aromatic rings. The average molecular weight is 187 g/mol. The standard InChI is InChI=1S/C8H13NO2S/c1-7(6-12)4-9-2-3-11-5-8(9)10/h12H,1-6H2. The lowest BCUT2D eigenvalue weighted by molar-refractivity contribution is -0.141. The highest BCUT2D eigenvalue weighted by atomic mass is 32.1. The predicted molar refractivity (Wildman–Crippen MR) is 50.4 cm³/mol. The molecule has 0 radical (unpaired) electrons. The van der Waals surface area contributed by atoms with Gasteiger partial charge in [0, 0.05) is 18.8 Å². The molecule has 12 heavy (non-hydrogen) atoms. The molecule has 68 valence electrons. The summed E-state index contributed by atoms with van der Waals surface area (Å²) in [4.78, 5) is 12.9. The highest BCUT2D eigenvalue weighted by Gasteiger charge is 2.18. The van der Waals surface area contributed by atoms with Crippen molar-refractivity contribution in [3.8, 4) is 0 Å². The Balaban J connectivity index is 2.39. The van der Waals surface area contributed by atoms with Crippen LogP contribution in [-0.2, 0) is 9.53 Å². The van der Waals surface area contributed by atoms with E-state index in [2.05, 4.69) is 19.2 Å². The summed E-state index contributed by atoms with van der Waals surface area (Å²) >= 11 is 4.08. The van der Waals surface area contributed by atoms with Crippen molar-refractivity contribution in [2.75, 3.05) is 32.1 Å². The Morgan fingerprint density at radius 2 is 2.50 bits per heavy atom. The van der Waals surface area contributed by atoms with Crippen LogP contribution in [0.25, 0.3) is 0 Å². The van der Waals surface area contributed by atoms with E-state index in [-0.39, 0.29) is 12.5 Å². The largest absolute Gasteiger partial charge is 0.370 e. The number of amides is 1. The molecule has 0 bridgehead atoms. The first-order valence-electron chi connectivity index (χ1n) is 3.87. The van der Waals surface area contributed by atoms with Gasteiger partial charge in [-0.1, -0.05) is 6.58 Å². The summed E-state index contributed by atoms with van der Waals surface area (Å²) in [7, 11) is 0. The minimum Gasteiger partial charge on any atom is -0.370 e. The average Bonchev–Trinajstić information content (AvgIpc) is 2.09. The van der Waals surface area contributed by atoms with Crippen molar-refractivity contribution < 1.29 is 9.53 Å². The van der Waals surface area contributed by atoms with E-state index in [0.29, 0.717) is 25.4 Å². The number of hydrogen-bond donors (Lipinski definition) is 1. The molecule has 0 aliphatic carbocycles. The predicted octanol–water partition coefficient (Wildman–Crippen LogP) is 0.331. The van der Waals surface area contributed by atoms with Gasteiger partial charge in [-0.05, 0) is 5.57 Å². The third-order valence-corrected chi connectivity index (χ3v) is 2.17. The summed E-state index contributed by atoms with van der Waals surface area (Å²) < 4.78 is 4.99. The quantitative estimate of drug-likeness (QED) is 0.510. The van der Waals surface area contributed by atoms with Crippen molar-refractivity contribution in [1.82, 2.24) is 4.90 Å². The first-order valence-corrected chi connectivity index (χ1v) is 4.50. The molecule has 1 fully saturated rings. The molecule has 0 aromatic carbocycles. The van der Waals surface area contributed by atoms with Crippen molar-refractivity contribution in [2.45, 2.75) is 0 Å². The SMILES string of the molecule is C=C(CS)CN1CCOCC1=O. The normalized spacial score (nSPS) is 18.1. The Morgan fingerprint density at radius 3 is 3.08 bits per heavy atom. The molecule has 1 heterocycles. The maximum Gasteiger partial charge on any atom is 0.248 e. The number of hydrogen-bond acceptors (Lipinski definition) is 3. The molecular formula is C8H13NO2S. The van der Waals surface area contributed by atoms with Crippen molar-refractivity contribution in [1.29, 1.82) is 0 Å². The van der Waals surface area contributed by atoms with Crippen LogP contribution in [0, 0.1) is 0 Å². The van der Waals surface area contributed by atoms with Crippen molar-refractivity contribution in [3.05, 3.63) is 12.2 Å². The zero-order valence-electron chi connectivity index (χ0n) is 6.95. The van der Waals surface area contributed by atoms with Crippen LogP contribution < -0.4 is 0 Å². The molecule has 0 atom stereocenters. The van der Waals surface area contributed by atoms with E-state index in [4.69, 9.17) is 4.74 Å². The zero-order chi connectivity index (χ0) is 8.97. The van der Waals surface area contributed by atoms with Crippen LogP contribution in [-0.4, -0.2) is 42.9 Å². The first-order chi connectivity index (χ1) is 5.74. The van der Waals surface area contributed by atoms with E-state index in [0.717, 1.165) is 5.57 Å². The number of carbonyl (C=O) groups excluding carboxylic acids is 1. The summed E-state index contributed by atoms with van der Waals surface area (Å²) in [5.74, 6) is 0.675. The van der Waals surface area contributed by atoms with Gasteiger partial charge in [-0.25, -0.2) is 0 Å². The van der Waals surface area contributed by atoms with Gasteiger partial charge in [-0.15, -0.1) is 0 Å². The number of rotatable bonds is 3. The topological polar surface area (TPSA) is 29.5 Å². The van der Waals surface area contributed by atoms with E-state index >= 15 is 0 Å². The number of carbonyl (C=O) groups is 1. The minimum atomic E-state index is 0.0455. The smallest absolute Gasteiger partial charge is 0.248 e. The molecule has 1 saturated heterocycles. The van der Waals surface area contributed by atoms with Crippen LogP contribution in [0.1, 0.15) is 0 Å². The number of morpholine rings is 1. The third-order valence-electron chi connectivity index (χ3n) is 1.72. The second kappa shape index (κ2) is 4.52. The van der Waals surface area contributed by atoms with Crippen LogP contribution >= 0.6 is 12.6 Å². The zero-order valence-corrected chi connectivity index (χ0v) is 7.85. The number of nitrogens with zero attached hydrogens (tertiary/aromatic N) is 1. The van der Waals surface area contributed by atoms with Crippen LogP contribution in [0.2, 0.25) is 0 Å². The summed E-state index contributed by atoms with van der Waals surface area (Å²) in [6, 6.07) is 0. The van der Waals surface area contributed by atoms with Gasteiger partial charge < -0.3 is 9.64 Å². The van der Waals surface area contributed by atoms with Crippen molar-refractivity contribution in [2.24, 2.45) is 0 Å². The van der Waals surface area contributed by atoms with Gasteiger partial charge in [0.05, 0.1) is 6.61 Å². The molecule has 1 aliphatic rings. The lowest BCUT2D eigenvalue weighted by Gasteiger charge is -2.27. The van der Waals surface area contributed by atoms with Crippen LogP contribution in [0.3, 0.4) is 0 Å². The van der Waals surface area contributed by atoms with Crippen LogP contribution in [0.5, 0.6) is 0 Å². The van der Waals surface area contributed by atoms with E-state index in [1.807, 2.05) is 0 Å². The summed E-state index contributed by atoms with van der Waals surface area (Å²) in [5.41, 5.74) is 0.966. The van der Waals surface area contributed by atoms with Gasteiger partial charge in [-0.3, -0.25) is 4.79 Å². The fourth-order valence-corrected chi connectivity index (χ4v) is 1.14. The Kier molecular flexibility index (Phi) is 3.62. The van der Waals surface area contributed by atoms with Gasteiger partial charge in [0.1, 0.15) is 6.61 Å². The number of ether oxygens (including phenoxy) is 1. The van der Waals surface area contributed by atoms with Crippen molar-refractivity contribution >= 4 is 18.5 Å². The maximum atomic E-state index is 11.2. The maximum absolute atomic E-state index is 11.2. The first kappa shape index (κ1) is 9.61. The van der Waals surface area contributed by atoms with Crippen LogP contribution in [0.4, 0.5) is 0 Å². The van der Waals surface area contributed by atoms with E-state index in [1.54, 1.807) is 4.90 Å². The highest BCUT2D eigenvalue weighted by Crippen LogP contribution is 2.03. The molecule has 0 spiro atoms. The summed E-state index contributed by atoms with van der Waals surface area (Å²) in [5, 5.41) is 0. The Hall–Kier alpha value is -0.480. The summed E-state index contributed by atoms with van der Waals surface area (Å²) in [6.45, 7) is 5.92. The molecule has 3 nitrogen and oxygen atoms in total. The second-order valence-electron chi connectivity index (χ2n) is 2.78. The van der Waals surface area contributed by atoms with Gasteiger partial charge >= 0.3 is 0 Å². The molecular weight excluding hydrogens is 174 g/mol. The van der Waals surface area contributed by atoms with E-state index < -0.39 is 0 Å². The fourth-order valence-electron chi connectivity index (χ4n) is 1.04. The van der Waals surface area contributed by atoms with Gasteiger partial charge in [0.2, 0.25) is 5.91 Å². The van der Waals surface area contributed by atoms with Crippen molar-refractivity contribution in [3.63, 3.8) is 0 Å². The Labute approximate surface area is 77.8 Å². The molecule has 1 rings (SSSR count). The number of thiol groups is 1. The third kappa shape index (κ3) is 2.53. The fraction of sp³-hybridized carbons (Fsp3) is 0.625. The molecule has 1 amide bonds. The Morgan fingerprint density at radius 1 is 1.75 bits per heavy atom. The van der Waals surface area contributed by atoms with E-state index in [1.165, 1.54) is 0 Å².